The monoisotopic (exact) mass is 254 g/mol. The number of carbonyl (C=O) groups excluding carboxylic acids is 2. The average Bonchev–Trinajstić information content (AvgIpc) is 2.92. The van der Waals surface area contributed by atoms with Gasteiger partial charge in [0.1, 0.15) is 0 Å². The molecule has 1 aliphatic rings. The number of nitrogens with zero attached hydrogens (tertiary/aromatic N) is 2. The molecule has 0 aromatic heterocycles. The van der Waals surface area contributed by atoms with Crippen molar-refractivity contribution in [2.45, 2.75) is 39.5 Å². The summed E-state index contributed by atoms with van der Waals surface area (Å²) in [7, 11) is 0. The minimum atomic E-state index is 0.0950. The van der Waals surface area contributed by atoms with Crippen LogP contribution in [0.3, 0.4) is 0 Å². The van der Waals surface area contributed by atoms with E-state index in [-0.39, 0.29) is 18.4 Å². The number of likely N-dealkylation sites (N-methyl/N-ethyl adjacent to an activating group) is 1. The van der Waals surface area contributed by atoms with Crippen LogP contribution in [0.2, 0.25) is 0 Å². The molecule has 0 unspecified atom stereocenters. The summed E-state index contributed by atoms with van der Waals surface area (Å²) in [6, 6.07) is 0. The fourth-order valence-corrected chi connectivity index (χ4v) is 1.98. The fourth-order valence-electron chi connectivity index (χ4n) is 1.98. The molecule has 0 aliphatic carbocycles. The van der Waals surface area contributed by atoms with Gasteiger partial charge in [0.15, 0.2) is 0 Å². The third-order valence-corrected chi connectivity index (χ3v) is 2.98. The van der Waals surface area contributed by atoms with Crippen LogP contribution < -0.4 is 0 Å². The van der Waals surface area contributed by atoms with Crippen LogP contribution in [0.5, 0.6) is 0 Å². The van der Waals surface area contributed by atoms with Crippen LogP contribution in [0.4, 0.5) is 0 Å². The lowest BCUT2D eigenvalue weighted by atomic mass is 10.3. The van der Waals surface area contributed by atoms with Crippen LogP contribution in [0.25, 0.3) is 0 Å². The second-order valence-electron chi connectivity index (χ2n) is 4.25. The molecule has 1 aliphatic heterocycles. The van der Waals surface area contributed by atoms with Gasteiger partial charge in [0.05, 0.1) is 6.54 Å². The van der Waals surface area contributed by atoms with E-state index < -0.39 is 0 Å². The van der Waals surface area contributed by atoms with Crippen molar-refractivity contribution in [3.63, 3.8) is 0 Å². The second-order valence-corrected chi connectivity index (χ2v) is 4.25. The van der Waals surface area contributed by atoms with Crippen LogP contribution in [0, 0.1) is 0 Å². The lowest BCUT2D eigenvalue weighted by Crippen LogP contribution is -2.41. The summed E-state index contributed by atoms with van der Waals surface area (Å²) in [4.78, 5) is 27.1. The Morgan fingerprint density at radius 1 is 1.17 bits per heavy atom. The Kier molecular flexibility index (Phi) is 8.97. The minimum Gasteiger partial charge on any atom is -0.341 e. The Hall–Kier alpha value is -1.32. The highest BCUT2D eigenvalue weighted by Gasteiger charge is 2.21. The van der Waals surface area contributed by atoms with E-state index >= 15 is 0 Å². The summed E-state index contributed by atoms with van der Waals surface area (Å²) in [5, 5.41) is 0. The quantitative estimate of drug-likeness (QED) is 0.705. The number of rotatable bonds is 5. The molecule has 0 saturated carbocycles. The van der Waals surface area contributed by atoms with Gasteiger partial charge in [0, 0.05) is 26.1 Å². The van der Waals surface area contributed by atoms with Crippen molar-refractivity contribution in [3.8, 4) is 0 Å². The summed E-state index contributed by atoms with van der Waals surface area (Å²) >= 11 is 0. The van der Waals surface area contributed by atoms with E-state index in [1.807, 2.05) is 18.7 Å². The smallest absolute Gasteiger partial charge is 0.242 e. The molecule has 1 saturated heterocycles. The maximum atomic E-state index is 11.9. The molecule has 1 heterocycles. The first-order valence-corrected chi connectivity index (χ1v) is 6.74. The molecule has 18 heavy (non-hydrogen) atoms. The third kappa shape index (κ3) is 5.34. The Morgan fingerprint density at radius 2 is 1.72 bits per heavy atom. The Labute approximate surface area is 111 Å². The van der Waals surface area contributed by atoms with Crippen molar-refractivity contribution in [2.75, 3.05) is 26.2 Å². The van der Waals surface area contributed by atoms with Crippen LogP contribution in [0.1, 0.15) is 39.5 Å². The highest BCUT2D eigenvalue weighted by Crippen LogP contribution is 2.08. The lowest BCUT2D eigenvalue weighted by molar-refractivity contribution is -0.139. The van der Waals surface area contributed by atoms with Gasteiger partial charge in [-0.15, -0.1) is 13.2 Å². The molecule has 0 bridgehead atoms. The van der Waals surface area contributed by atoms with Crippen LogP contribution in [-0.4, -0.2) is 47.8 Å². The van der Waals surface area contributed by atoms with Crippen molar-refractivity contribution in [1.29, 1.82) is 0 Å². The van der Waals surface area contributed by atoms with E-state index in [0.29, 0.717) is 13.0 Å². The van der Waals surface area contributed by atoms with Gasteiger partial charge in [0.2, 0.25) is 11.8 Å². The van der Waals surface area contributed by atoms with Crippen molar-refractivity contribution in [3.05, 3.63) is 13.2 Å². The summed E-state index contributed by atoms with van der Waals surface area (Å²) in [6.45, 7) is 12.5. The van der Waals surface area contributed by atoms with E-state index in [1.54, 1.807) is 4.90 Å². The van der Waals surface area contributed by atoms with E-state index in [4.69, 9.17) is 0 Å². The average molecular weight is 254 g/mol. The molecule has 0 radical (unpaired) electrons. The van der Waals surface area contributed by atoms with Gasteiger partial charge >= 0.3 is 0 Å². The summed E-state index contributed by atoms with van der Waals surface area (Å²) in [5.41, 5.74) is 0. The number of hydrogen-bond acceptors (Lipinski definition) is 2. The summed E-state index contributed by atoms with van der Waals surface area (Å²) in [6.07, 6.45) is 3.58. The van der Waals surface area contributed by atoms with E-state index in [0.717, 1.165) is 32.4 Å². The molecule has 0 atom stereocenters. The van der Waals surface area contributed by atoms with Gasteiger partial charge in [-0.05, 0) is 26.2 Å². The second kappa shape index (κ2) is 9.68. The number of carbonyl (C=O) groups is 2. The van der Waals surface area contributed by atoms with E-state index in [2.05, 4.69) is 13.2 Å². The van der Waals surface area contributed by atoms with Gasteiger partial charge in [-0.25, -0.2) is 0 Å². The standard InChI is InChI=1S/C12H22N2O2.C2H4/c1-3-7-11(15)13(4-2)10-12(16)14-8-5-6-9-14;1-2/h3-10H2,1-2H3;1-2H2. The highest BCUT2D eigenvalue weighted by molar-refractivity contribution is 5.84. The Bertz CT molecular complexity index is 261. The highest BCUT2D eigenvalue weighted by atomic mass is 16.2. The zero-order chi connectivity index (χ0) is 14.0. The SMILES string of the molecule is C=C.CCCC(=O)N(CC)CC(=O)N1CCCC1. The normalized spacial score (nSPS) is 13.8. The molecule has 0 N–H and O–H groups in total. The first-order valence-electron chi connectivity index (χ1n) is 6.74. The fraction of sp³-hybridized carbons (Fsp3) is 0.714. The maximum Gasteiger partial charge on any atom is 0.242 e. The van der Waals surface area contributed by atoms with Crippen LogP contribution >= 0.6 is 0 Å². The first-order chi connectivity index (χ1) is 8.69. The molecule has 0 aromatic rings. The third-order valence-electron chi connectivity index (χ3n) is 2.98. The predicted molar refractivity (Wildman–Crippen MR) is 74.2 cm³/mol. The zero-order valence-electron chi connectivity index (χ0n) is 11.8. The van der Waals surface area contributed by atoms with Gasteiger partial charge in [-0.1, -0.05) is 6.92 Å². The summed E-state index contributed by atoms with van der Waals surface area (Å²) in [5.74, 6) is 0.196. The van der Waals surface area contributed by atoms with Gasteiger partial charge in [0.25, 0.3) is 0 Å². The first kappa shape index (κ1) is 16.7. The maximum absolute atomic E-state index is 11.9. The molecular formula is C14H26N2O2. The van der Waals surface area contributed by atoms with Gasteiger partial charge < -0.3 is 9.80 Å². The number of hydrogen-bond donors (Lipinski definition) is 0. The number of amides is 2. The molecule has 2 amide bonds. The predicted octanol–water partition coefficient (Wildman–Crippen LogP) is 2.06. The molecule has 4 nitrogen and oxygen atoms in total. The largest absolute Gasteiger partial charge is 0.341 e. The van der Waals surface area contributed by atoms with Crippen LogP contribution in [0.15, 0.2) is 13.2 Å². The molecule has 4 heteroatoms. The topological polar surface area (TPSA) is 40.6 Å². The molecule has 1 rings (SSSR count). The summed E-state index contributed by atoms with van der Waals surface area (Å²) < 4.78 is 0. The Morgan fingerprint density at radius 3 is 2.17 bits per heavy atom. The molecular weight excluding hydrogens is 228 g/mol. The molecule has 1 fully saturated rings. The molecule has 0 aromatic carbocycles. The molecule has 104 valence electrons. The number of likely N-dealkylation sites (tertiary alicyclic amines) is 1. The van der Waals surface area contributed by atoms with E-state index in [1.165, 1.54) is 0 Å². The van der Waals surface area contributed by atoms with Crippen molar-refractivity contribution in [1.82, 2.24) is 9.80 Å². The molecule has 0 spiro atoms. The van der Waals surface area contributed by atoms with Gasteiger partial charge in [-0.3, -0.25) is 9.59 Å². The zero-order valence-corrected chi connectivity index (χ0v) is 11.8. The van der Waals surface area contributed by atoms with Crippen molar-refractivity contribution >= 4 is 11.8 Å². The van der Waals surface area contributed by atoms with Crippen molar-refractivity contribution in [2.24, 2.45) is 0 Å². The van der Waals surface area contributed by atoms with Gasteiger partial charge in [-0.2, -0.15) is 0 Å². The Balaban J connectivity index is 0.00000137. The minimum absolute atomic E-state index is 0.0950. The van der Waals surface area contributed by atoms with E-state index in [9.17, 15) is 9.59 Å². The lowest BCUT2D eigenvalue weighted by Gasteiger charge is -2.23. The van der Waals surface area contributed by atoms with Crippen LogP contribution in [-0.2, 0) is 9.59 Å². The van der Waals surface area contributed by atoms with Crippen molar-refractivity contribution < 1.29 is 9.59 Å².